The minimum absolute atomic E-state index is 0.0101. The summed E-state index contributed by atoms with van der Waals surface area (Å²) >= 11 is 0. The molecule has 4 rings (SSSR count). The number of hydrogen-bond acceptors (Lipinski definition) is 4. The van der Waals surface area contributed by atoms with Crippen molar-refractivity contribution < 1.29 is 24.5 Å². The Kier molecular flexibility index (Phi) is 6.39. The van der Waals surface area contributed by atoms with Crippen molar-refractivity contribution in [2.45, 2.75) is 85.9 Å². The highest BCUT2D eigenvalue weighted by Gasteiger charge is 2.68. The zero-order chi connectivity index (χ0) is 25.1. The second-order valence-corrected chi connectivity index (χ2v) is 12.6. The number of rotatable bonds is 6. The lowest BCUT2D eigenvalue weighted by molar-refractivity contribution is -0.233. The molecular formula is C29H44O5. The Hall–Kier alpha value is -1.59. The van der Waals surface area contributed by atoms with Crippen LogP contribution in [0, 0.1) is 39.4 Å². The highest BCUT2D eigenvalue weighted by molar-refractivity contribution is 5.88. The van der Waals surface area contributed by atoms with Gasteiger partial charge in [0.15, 0.2) is 6.29 Å². The van der Waals surface area contributed by atoms with Gasteiger partial charge in [-0.1, -0.05) is 34.6 Å². The van der Waals surface area contributed by atoms with Crippen LogP contribution in [0.15, 0.2) is 18.2 Å². The number of phenols is 1. The number of ether oxygens (including phenoxy) is 2. The molecule has 5 nitrogen and oxygen atoms in total. The summed E-state index contributed by atoms with van der Waals surface area (Å²) in [5.41, 5.74) is 1.31. The van der Waals surface area contributed by atoms with E-state index in [0.29, 0.717) is 24.2 Å². The van der Waals surface area contributed by atoms with Gasteiger partial charge in [-0.15, -0.1) is 0 Å². The number of methoxy groups -OCH3 is 2. The van der Waals surface area contributed by atoms with Crippen molar-refractivity contribution in [1.82, 2.24) is 0 Å². The summed E-state index contributed by atoms with van der Waals surface area (Å²) in [7, 11) is 3.53. The van der Waals surface area contributed by atoms with Gasteiger partial charge in [-0.25, -0.2) is 4.79 Å². The topological polar surface area (TPSA) is 76.0 Å². The number of carbonyl (C=O) groups is 1. The molecule has 34 heavy (non-hydrogen) atoms. The fourth-order valence-electron chi connectivity index (χ4n) is 9.18. The van der Waals surface area contributed by atoms with Crippen molar-refractivity contribution in [1.29, 1.82) is 0 Å². The van der Waals surface area contributed by atoms with Crippen LogP contribution >= 0.6 is 0 Å². The van der Waals surface area contributed by atoms with Crippen molar-refractivity contribution in [3.8, 4) is 5.75 Å². The first kappa shape index (κ1) is 25.5. The van der Waals surface area contributed by atoms with E-state index in [0.717, 1.165) is 31.2 Å². The summed E-state index contributed by atoms with van der Waals surface area (Å²) in [4.78, 5) is 11.6. The van der Waals surface area contributed by atoms with Gasteiger partial charge in [-0.2, -0.15) is 0 Å². The third-order valence-corrected chi connectivity index (χ3v) is 11.5. The number of aromatic hydroxyl groups is 1. The molecule has 3 aliphatic carbocycles. The van der Waals surface area contributed by atoms with Crippen molar-refractivity contribution in [3.05, 3.63) is 29.3 Å². The molecule has 1 aromatic rings. The normalized spacial score (nSPS) is 41.8. The molecule has 3 fully saturated rings. The SMILES string of the molecule is COC(OC)[C@]1(C)CC[C@@H]2[C@@]3(C)CC[C@H](C)[C@@](C)(Cc4cc(C(=O)O)ccc4O)[C@@H]3CC[C@]21C. The van der Waals surface area contributed by atoms with Gasteiger partial charge in [0.1, 0.15) is 5.75 Å². The molecular weight excluding hydrogens is 428 g/mol. The summed E-state index contributed by atoms with van der Waals surface area (Å²) in [5.74, 6) is 0.865. The highest BCUT2D eigenvalue weighted by Crippen LogP contribution is 2.74. The molecule has 1 aromatic carbocycles. The summed E-state index contributed by atoms with van der Waals surface area (Å²) in [6.07, 6.45) is 7.46. The second kappa shape index (κ2) is 8.51. The zero-order valence-electron chi connectivity index (χ0n) is 22.1. The van der Waals surface area contributed by atoms with Crippen LogP contribution in [0.2, 0.25) is 0 Å². The molecule has 0 unspecified atom stereocenters. The molecule has 0 aliphatic heterocycles. The largest absolute Gasteiger partial charge is 0.508 e. The molecule has 0 radical (unpaired) electrons. The standard InChI is InChI=1S/C29H44O5/c1-18-10-13-26(2)22(27(18,3)17-20-16-19(24(31)32)8-9-21(20)30)11-14-28(4)23(26)12-15-29(28,5)25(33-6)34-7/h8-9,16,18,22-23,25,30H,10-15,17H2,1-7H3,(H,31,32)/t18-,22+,23+,26-,27+,28+,29-/m0/s1. The Labute approximate surface area is 205 Å². The first-order valence-electron chi connectivity index (χ1n) is 13.0. The highest BCUT2D eigenvalue weighted by atomic mass is 16.7. The third kappa shape index (κ3) is 3.44. The summed E-state index contributed by atoms with van der Waals surface area (Å²) < 4.78 is 11.7. The van der Waals surface area contributed by atoms with Crippen LogP contribution in [-0.4, -0.2) is 36.7 Å². The average molecular weight is 473 g/mol. The molecule has 0 saturated heterocycles. The van der Waals surface area contributed by atoms with Gasteiger partial charge in [0.2, 0.25) is 0 Å². The number of carboxylic acids is 1. The van der Waals surface area contributed by atoms with E-state index in [4.69, 9.17) is 9.47 Å². The van der Waals surface area contributed by atoms with Crippen molar-refractivity contribution in [2.24, 2.45) is 39.4 Å². The number of carboxylic acid groups (broad SMARTS) is 1. The minimum atomic E-state index is -0.947. The summed E-state index contributed by atoms with van der Waals surface area (Å²) in [6.45, 7) is 12.1. The monoisotopic (exact) mass is 472 g/mol. The van der Waals surface area contributed by atoms with Crippen molar-refractivity contribution >= 4 is 5.97 Å². The maximum atomic E-state index is 11.6. The van der Waals surface area contributed by atoms with Gasteiger partial charge in [0.25, 0.3) is 0 Å². The van der Waals surface area contributed by atoms with E-state index in [1.165, 1.54) is 18.9 Å². The molecule has 5 heteroatoms. The molecule has 0 bridgehead atoms. The fraction of sp³-hybridized carbons (Fsp3) is 0.759. The first-order chi connectivity index (χ1) is 15.9. The fourth-order valence-corrected chi connectivity index (χ4v) is 9.18. The first-order valence-corrected chi connectivity index (χ1v) is 13.0. The molecule has 0 spiro atoms. The molecule has 3 saturated carbocycles. The Morgan fingerprint density at radius 3 is 2.29 bits per heavy atom. The number of fused-ring (bicyclic) bond motifs is 3. The Morgan fingerprint density at radius 2 is 1.68 bits per heavy atom. The van der Waals surface area contributed by atoms with E-state index in [1.807, 2.05) is 0 Å². The number of benzene rings is 1. The molecule has 190 valence electrons. The van der Waals surface area contributed by atoms with Gasteiger partial charge >= 0.3 is 5.97 Å². The van der Waals surface area contributed by atoms with Gasteiger partial charge in [-0.3, -0.25) is 0 Å². The van der Waals surface area contributed by atoms with Crippen LogP contribution in [0.3, 0.4) is 0 Å². The Bertz CT molecular complexity index is 940. The number of aromatic carboxylic acids is 1. The van der Waals surface area contributed by atoms with E-state index in [-0.39, 0.29) is 39.3 Å². The number of hydrogen-bond donors (Lipinski definition) is 2. The quantitative estimate of drug-likeness (QED) is 0.461. The Balaban J connectivity index is 1.72. The van der Waals surface area contributed by atoms with Gasteiger partial charge in [-0.05, 0) is 103 Å². The lowest BCUT2D eigenvalue weighted by Crippen LogP contribution is -2.60. The third-order valence-electron chi connectivity index (χ3n) is 11.5. The predicted molar refractivity (Wildman–Crippen MR) is 133 cm³/mol. The van der Waals surface area contributed by atoms with Crippen molar-refractivity contribution in [2.75, 3.05) is 14.2 Å². The second-order valence-electron chi connectivity index (χ2n) is 12.6. The van der Waals surface area contributed by atoms with Crippen LogP contribution in [0.1, 0.15) is 89.1 Å². The minimum Gasteiger partial charge on any atom is -0.508 e. The van der Waals surface area contributed by atoms with E-state index < -0.39 is 5.97 Å². The van der Waals surface area contributed by atoms with Crippen LogP contribution in [-0.2, 0) is 15.9 Å². The molecule has 2 N–H and O–H groups in total. The summed E-state index contributed by atoms with van der Waals surface area (Å²) in [5, 5.41) is 20.2. The van der Waals surface area contributed by atoms with Crippen LogP contribution < -0.4 is 0 Å². The molecule has 0 amide bonds. The lowest BCUT2D eigenvalue weighted by atomic mass is 9.39. The van der Waals surface area contributed by atoms with Crippen LogP contribution in [0.4, 0.5) is 0 Å². The van der Waals surface area contributed by atoms with Crippen LogP contribution in [0.25, 0.3) is 0 Å². The van der Waals surface area contributed by atoms with Crippen molar-refractivity contribution in [3.63, 3.8) is 0 Å². The molecule has 0 aromatic heterocycles. The Morgan fingerprint density at radius 1 is 1.03 bits per heavy atom. The molecule has 0 heterocycles. The number of phenolic OH excluding ortho intramolecular Hbond substituents is 1. The summed E-state index contributed by atoms with van der Waals surface area (Å²) in [6, 6.07) is 4.72. The smallest absolute Gasteiger partial charge is 0.335 e. The van der Waals surface area contributed by atoms with E-state index in [1.54, 1.807) is 26.4 Å². The maximum Gasteiger partial charge on any atom is 0.335 e. The van der Waals surface area contributed by atoms with Gasteiger partial charge in [0, 0.05) is 19.6 Å². The maximum absolute atomic E-state index is 11.6. The lowest BCUT2D eigenvalue weighted by Gasteiger charge is -2.65. The van der Waals surface area contributed by atoms with Gasteiger partial charge < -0.3 is 19.7 Å². The molecule has 7 atom stereocenters. The van der Waals surface area contributed by atoms with Gasteiger partial charge in [0.05, 0.1) is 5.56 Å². The zero-order valence-corrected chi connectivity index (χ0v) is 22.1. The van der Waals surface area contributed by atoms with E-state index in [2.05, 4.69) is 34.6 Å². The predicted octanol–water partition coefficient (Wildman–Crippen LogP) is 6.53. The van der Waals surface area contributed by atoms with Crippen LogP contribution in [0.5, 0.6) is 5.75 Å². The average Bonchev–Trinajstić information content (AvgIpc) is 3.06. The van der Waals surface area contributed by atoms with E-state index >= 15 is 0 Å². The van der Waals surface area contributed by atoms with E-state index in [9.17, 15) is 15.0 Å². The molecule has 3 aliphatic rings.